The Kier molecular flexibility index (Phi) is 3.26. The highest BCUT2D eigenvalue weighted by Crippen LogP contribution is 2.22. The third-order valence-corrected chi connectivity index (χ3v) is 2.26. The molecule has 8 heteroatoms. The summed E-state index contributed by atoms with van der Waals surface area (Å²) in [5.74, 6) is -1.52. The molecule has 0 aromatic carbocycles. The van der Waals surface area contributed by atoms with Gasteiger partial charge in [0.1, 0.15) is 5.69 Å². The lowest BCUT2D eigenvalue weighted by molar-refractivity contribution is 0.0675. The molecule has 0 fully saturated rings. The summed E-state index contributed by atoms with van der Waals surface area (Å²) in [6.45, 7) is 0.0163. The molecule has 6 nitrogen and oxygen atoms in total. The van der Waals surface area contributed by atoms with E-state index in [2.05, 4.69) is 15.3 Å². The summed E-state index contributed by atoms with van der Waals surface area (Å²) in [4.78, 5) is 14.5. The van der Waals surface area contributed by atoms with Gasteiger partial charge in [-0.05, 0) is 17.7 Å². The number of carboxylic acids is 1. The van der Waals surface area contributed by atoms with Crippen LogP contribution in [0.15, 0.2) is 24.5 Å². The van der Waals surface area contributed by atoms with Gasteiger partial charge in [-0.1, -0.05) is 5.21 Å². The van der Waals surface area contributed by atoms with E-state index < -0.39 is 23.8 Å². The lowest BCUT2D eigenvalue weighted by Gasteiger charge is -2.05. The van der Waals surface area contributed by atoms with Gasteiger partial charge in [0, 0.05) is 12.4 Å². The number of rotatable bonds is 4. The van der Waals surface area contributed by atoms with E-state index in [1.807, 2.05) is 0 Å². The molecule has 0 atom stereocenters. The minimum atomic E-state index is -2.95. The van der Waals surface area contributed by atoms with Gasteiger partial charge in [-0.15, -0.1) is 5.10 Å². The average Bonchev–Trinajstić information content (AvgIpc) is 2.74. The Morgan fingerprint density at radius 1 is 1.39 bits per heavy atom. The number of nitrogens with zero attached hydrogens (tertiary/aromatic N) is 4. The second kappa shape index (κ2) is 4.86. The Morgan fingerprint density at radius 3 is 2.61 bits per heavy atom. The van der Waals surface area contributed by atoms with E-state index in [4.69, 9.17) is 5.11 Å². The summed E-state index contributed by atoms with van der Waals surface area (Å²) in [6, 6.07) is 3.24. The molecule has 2 heterocycles. The van der Waals surface area contributed by atoms with Gasteiger partial charge in [0.15, 0.2) is 5.69 Å². The van der Waals surface area contributed by atoms with Crippen molar-refractivity contribution in [3.05, 3.63) is 41.5 Å². The minimum absolute atomic E-state index is 0.0163. The monoisotopic (exact) mass is 254 g/mol. The van der Waals surface area contributed by atoms with Gasteiger partial charge in [-0.25, -0.2) is 18.3 Å². The largest absolute Gasteiger partial charge is 0.476 e. The van der Waals surface area contributed by atoms with Gasteiger partial charge in [-0.3, -0.25) is 4.98 Å². The molecule has 2 aromatic rings. The molecule has 94 valence electrons. The van der Waals surface area contributed by atoms with Crippen LogP contribution in [-0.4, -0.2) is 31.1 Å². The summed E-state index contributed by atoms with van der Waals surface area (Å²) in [6.07, 6.45) is 0.0617. The highest BCUT2D eigenvalue weighted by atomic mass is 19.3. The lowest BCUT2D eigenvalue weighted by atomic mass is 10.2. The van der Waals surface area contributed by atoms with Crippen LogP contribution in [0, 0.1) is 0 Å². The number of alkyl halides is 2. The highest BCUT2D eigenvalue weighted by molar-refractivity contribution is 5.86. The Bertz CT molecular complexity index is 556. The summed E-state index contributed by atoms with van der Waals surface area (Å²) < 4.78 is 26.5. The molecule has 2 rings (SSSR count). The van der Waals surface area contributed by atoms with Crippen LogP contribution in [0.3, 0.4) is 0 Å². The molecule has 2 aromatic heterocycles. The zero-order chi connectivity index (χ0) is 13.1. The van der Waals surface area contributed by atoms with Gasteiger partial charge < -0.3 is 5.11 Å². The van der Waals surface area contributed by atoms with Crippen LogP contribution in [0.25, 0.3) is 0 Å². The molecule has 0 aliphatic heterocycles. The fourth-order valence-electron chi connectivity index (χ4n) is 1.47. The van der Waals surface area contributed by atoms with Crippen LogP contribution in [0.1, 0.15) is 28.2 Å². The fraction of sp³-hybridized carbons (Fsp3) is 0.200. The van der Waals surface area contributed by atoms with Gasteiger partial charge in [0.05, 0.1) is 6.54 Å². The number of carboxylic acid groups (broad SMARTS) is 1. The number of hydrogen-bond acceptors (Lipinski definition) is 4. The van der Waals surface area contributed by atoms with E-state index in [0.717, 1.165) is 4.68 Å². The predicted octanol–water partition coefficient (Wildman–Crippen LogP) is 1.36. The number of aromatic carboxylic acids is 1. The van der Waals surface area contributed by atoms with Crippen molar-refractivity contribution in [1.29, 1.82) is 0 Å². The normalized spacial score (nSPS) is 10.8. The van der Waals surface area contributed by atoms with Crippen LogP contribution in [0.5, 0.6) is 0 Å². The van der Waals surface area contributed by atoms with Crippen molar-refractivity contribution in [1.82, 2.24) is 20.0 Å². The van der Waals surface area contributed by atoms with Crippen LogP contribution in [0.2, 0.25) is 0 Å². The molecule has 0 amide bonds. The van der Waals surface area contributed by atoms with Crippen molar-refractivity contribution in [3.63, 3.8) is 0 Å². The second-order valence-corrected chi connectivity index (χ2v) is 3.44. The summed E-state index contributed by atoms with van der Waals surface area (Å²) >= 11 is 0. The van der Waals surface area contributed by atoms with Gasteiger partial charge >= 0.3 is 5.97 Å². The number of hydrogen-bond donors (Lipinski definition) is 1. The second-order valence-electron chi connectivity index (χ2n) is 3.44. The molecule has 0 saturated carbocycles. The Morgan fingerprint density at radius 2 is 2.06 bits per heavy atom. The van der Waals surface area contributed by atoms with Gasteiger partial charge in [-0.2, -0.15) is 0 Å². The quantitative estimate of drug-likeness (QED) is 0.890. The lowest BCUT2D eigenvalue weighted by Crippen LogP contribution is -2.09. The zero-order valence-corrected chi connectivity index (χ0v) is 8.99. The number of carbonyl (C=O) groups is 1. The zero-order valence-electron chi connectivity index (χ0n) is 8.99. The van der Waals surface area contributed by atoms with Gasteiger partial charge in [0.2, 0.25) is 0 Å². The maximum Gasteiger partial charge on any atom is 0.358 e. The maximum absolute atomic E-state index is 12.8. The molecule has 0 unspecified atom stereocenters. The van der Waals surface area contributed by atoms with E-state index in [0.29, 0.717) is 5.56 Å². The van der Waals surface area contributed by atoms with Crippen molar-refractivity contribution in [3.8, 4) is 0 Å². The molecule has 0 radical (unpaired) electrons. The fourth-order valence-corrected chi connectivity index (χ4v) is 1.47. The van der Waals surface area contributed by atoms with Crippen molar-refractivity contribution in [2.45, 2.75) is 13.0 Å². The Hall–Kier alpha value is -2.38. The number of pyridine rings is 1. The molecule has 0 saturated heterocycles. The first-order valence-electron chi connectivity index (χ1n) is 4.93. The standard InChI is InChI=1S/C10H8F2N4O2/c11-9(12)8-7(10(17)18)14-15-16(8)5-6-1-3-13-4-2-6/h1-4,9H,5H2,(H,17,18). The van der Waals surface area contributed by atoms with E-state index >= 15 is 0 Å². The molecule has 0 spiro atoms. The Balaban J connectivity index is 2.37. The van der Waals surface area contributed by atoms with Crippen molar-refractivity contribution in [2.75, 3.05) is 0 Å². The first-order chi connectivity index (χ1) is 8.59. The average molecular weight is 254 g/mol. The van der Waals surface area contributed by atoms with Crippen molar-refractivity contribution < 1.29 is 18.7 Å². The molecular weight excluding hydrogens is 246 g/mol. The number of halogens is 2. The van der Waals surface area contributed by atoms with Crippen LogP contribution < -0.4 is 0 Å². The SMILES string of the molecule is O=C(O)c1nnn(Cc2ccncc2)c1C(F)F. The third kappa shape index (κ3) is 2.31. The summed E-state index contributed by atoms with van der Waals surface area (Å²) in [7, 11) is 0. The third-order valence-electron chi connectivity index (χ3n) is 2.26. The van der Waals surface area contributed by atoms with Gasteiger partial charge in [0.25, 0.3) is 6.43 Å². The smallest absolute Gasteiger partial charge is 0.358 e. The first kappa shape index (κ1) is 12.1. The maximum atomic E-state index is 12.8. The molecule has 1 N–H and O–H groups in total. The minimum Gasteiger partial charge on any atom is -0.476 e. The highest BCUT2D eigenvalue weighted by Gasteiger charge is 2.26. The Labute approximate surface area is 99.9 Å². The summed E-state index contributed by atoms with van der Waals surface area (Å²) in [5.41, 5.74) is -0.743. The molecule has 18 heavy (non-hydrogen) atoms. The molecular formula is C10H8F2N4O2. The molecule has 0 aliphatic rings. The van der Waals surface area contributed by atoms with E-state index in [1.54, 1.807) is 12.1 Å². The predicted molar refractivity (Wildman–Crippen MR) is 55.3 cm³/mol. The molecule has 0 bridgehead atoms. The van der Waals surface area contributed by atoms with Crippen LogP contribution in [-0.2, 0) is 6.54 Å². The first-order valence-corrected chi connectivity index (χ1v) is 4.93. The van der Waals surface area contributed by atoms with E-state index in [9.17, 15) is 13.6 Å². The van der Waals surface area contributed by atoms with E-state index in [-0.39, 0.29) is 6.54 Å². The van der Waals surface area contributed by atoms with Crippen molar-refractivity contribution in [2.24, 2.45) is 0 Å². The topological polar surface area (TPSA) is 80.9 Å². The van der Waals surface area contributed by atoms with Crippen molar-refractivity contribution >= 4 is 5.97 Å². The summed E-state index contributed by atoms with van der Waals surface area (Å²) in [5, 5.41) is 15.4. The van der Waals surface area contributed by atoms with Crippen LogP contribution in [0.4, 0.5) is 8.78 Å². The number of aromatic nitrogens is 4. The van der Waals surface area contributed by atoms with Crippen LogP contribution >= 0.6 is 0 Å². The molecule has 0 aliphatic carbocycles. The van der Waals surface area contributed by atoms with E-state index in [1.165, 1.54) is 12.4 Å².